The van der Waals surface area contributed by atoms with Crippen LogP contribution in [0.3, 0.4) is 0 Å². The number of rotatable bonds is 10. The maximum absolute atomic E-state index is 12.6. The molecule has 1 amide bonds. The van der Waals surface area contributed by atoms with E-state index in [2.05, 4.69) is 60.1 Å². The zero-order chi connectivity index (χ0) is 23.9. The zero-order valence-electron chi connectivity index (χ0n) is 20.0. The van der Waals surface area contributed by atoms with Crippen molar-refractivity contribution in [2.75, 3.05) is 41.3 Å². The smallest absolute Gasteiger partial charge is 0.261 e. The molecule has 0 radical (unpaired) electrons. The van der Waals surface area contributed by atoms with Crippen LogP contribution in [0.2, 0.25) is 0 Å². The van der Waals surface area contributed by atoms with Crippen LogP contribution in [0.4, 0.5) is 17.6 Å². The molecule has 34 heavy (non-hydrogen) atoms. The summed E-state index contributed by atoms with van der Waals surface area (Å²) in [4.78, 5) is 24.0. The minimum absolute atomic E-state index is 0.102. The summed E-state index contributed by atoms with van der Waals surface area (Å²) in [7, 11) is 0. The third-order valence-corrected chi connectivity index (χ3v) is 6.74. The van der Waals surface area contributed by atoms with Gasteiger partial charge in [-0.1, -0.05) is 30.3 Å². The van der Waals surface area contributed by atoms with Gasteiger partial charge in [-0.2, -0.15) is 9.97 Å². The molecule has 182 valence electrons. The van der Waals surface area contributed by atoms with Crippen molar-refractivity contribution >= 4 is 41.0 Å². The van der Waals surface area contributed by atoms with Gasteiger partial charge in [-0.05, 0) is 57.9 Å². The summed E-state index contributed by atoms with van der Waals surface area (Å²) in [5.74, 6) is 1.62. The number of fused-ring (bicyclic) bond motifs is 1. The molecule has 0 saturated carbocycles. The molecule has 1 atom stereocenters. The Morgan fingerprint density at radius 1 is 1.09 bits per heavy atom. The fraction of sp³-hybridized carbons (Fsp3) is 0.522. The quantitative estimate of drug-likeness (QED) is 0.373. The van der Waals surface area contributed by atoms with Crippen molar-refractivity contribution in [3.05, 3.63) is 29.8 Å². The number of thioether (sulfide) groups is 1. The van der Waals surface area contributed by atoms with Crippen molar-refractivity contribution in [2.45, 2.75) is 57.8 Å². The molecule has 11 heteroatoms. The van der Waals surface area contributed by atoms with Crippen LogP contribution in [0.5, 0.6) is 0 Å². The molecule has 3 aromatic rings. The molecule has 3 N–H and O–H groups in total. The molecule has 3 heterocycles. The van der Waals surface area contributed by atoms with Crippen LogP contribution in [-0.2, 0) is 11.3 Å². The van der Waals surface area contributed by atoms with Crippen LogP contribution in [0.25, 0.3) is 5.78 Å². The first kappa shape index (κ1) is 24.2. The van der Waals surface area contributed by atoms with Crippen LogP contribution < -0.4 is 16.0 Å². The van der Waals surface area contributed by atoms with Crippen LogP contribution in [0.15, 0.2) is 29.4 Å². The Bertz CT molecular complexity index is 1100. The third kappa shape index (κ3) is 5.95. The van der Waals surface area contributed by atoms with Crippen molar-refractivity contribution in [1.82, 2.24) is 29.5 Å². The Morgan fingerprint density at radius 2 is 1.88 bits per heavy atom. The SMILES string of the molecule is CCNc1nc(NCC)n2c(SCC(=O)Nc3ccc(CN4CCCCC4C)cc3)nnc2n1. The van der Waals surface area contributed by atoms with Crippen molar-refractivity contribution in [1.29, 1.82) is 0 Å². The van der Waals surface area contributed by atoms with E-state index in [1.807, 2.05) is 26.0 Å². The average molecular weight is 484 g/mol. The van der Waals surface area contributed by atoms with Gasteiger partial charge >= 0.3 is 0 Å². The molecule has 0 bridgehead atoms. The summed E-state index contributed by atoms with van der Waals surface area (Å²) in [6.07, 6.45) is 3.87. The molecule has 10 nitrogen and oxygen atoms in total. The van der Waals surface area contributed by atoms with Gasteiger partial charge in [0, 0.05) is 31.4 Å². The molecule has 1 fully saturated rings. The number of amides is 1. The maximum Gasteiger partial charge on any atom is 0.261 e. The molecule has 1 unspecified atom stereocenters. The highest BCUT2D eigenvalue weighted by molar-refractivity contribution is 7.99. The summed E-state index contributed by atoms with van der Waals surface area (Å²) < 4.78 is 1.73. The Balaban J connectivity index is 1.35. The number of piperidine rings is 1. The number of benzene rings is 1. The number of carbonyl (C=O) groups is 1. The van der Waals surface area contributed by atoms with Crippen LogP contribution >= 0.6 is 11.8 Å². The van der Waals surface area contributed by atoms with E-state index >= 15 is 0 Å². The Kier molecular flexibility index (Phi) is 8.17. The number of aromatic nitrogens is 5. The Labute approximate surface area is 204 Å². The lowest BCUT2D eigenvalue weighted by Gasteiger charge is -2.33. The topological polar surface area (TPSA) is 112 Å². The number of anilines is 3. The molecule has 1 aromatic carbocycles. The lowest BCUT2D eigenvalue weighted by Crippen LogP contribution is -2.36. The van der Waals surface area contributed by atoms with Crippen molar-refractivity contribution < 1.29 is 4.79 Å². The highest BCUT2D eigenvalue weighted by Crippen LogP contribution is 2.22. The number of hydrogen-bond donors (Lipinski definition) is 3. The third-order valence-electron chi connectivity index (χ3n) is 5.81. The standard InChI is InChI=1S/C23H33N9OS/c1-4-24-20-27-21(25-5-2)32-22(28-20)29-30-23(32)34-15-19(33)26-18-11-9-17(10-12-18)14-31-13-7-6-8-16(31)3/h9-12,16H,4-8,13-15H2,1-3H3,(H,26,33)(H2,24,25,27,28,29). The number of nitrogens with zero attached hydrogens (tertiary/aromatic N) is 6. The van der Waals surface area contributed by atoms with Gasteiger partial charge in [-0.25, -0.2) is 4.40 Å². The lowest BCUT2D eigenvalue weighted by molar-refractivity contribution is -0.113. The second kappa shape index (κ2) is 11.5. The van der Waals surface area contributed by atoms with E-state index in [-0.39, 0.29) is 11.7 Å². The molecular weight excluding hydrogens is 450 g/mol. The fourth-order valence-corrected chi connectivity index (χ4v) is 4.77. The van der Waals surface area contributed by atoms with E-state index in [0.717, 1.165) is 18.8 Å². The normalized spacial score (nSPS) is 16.5. The van der Waals surface area contributed by atoms with Crippen LogP contribution in [0.1, 0.15) is 45.6 Å². The fourth-order valence-electron chi connectivity index (χ4n) is 4.05. The minimum Gasteiger partial charge on any atom is -0.355 e. The van der Waals surface area contributed by atoms with Crippen molar-refractivity contribution in [3.63, 3.8) is 0 Å². The summed E-state index contributed by atoms with van der Waals surface area (Å²) in [6, 6.07) is 8.76. The highest BCUT2D eigenvalue weighted by Gasteiger charge is 2.18. The van der Waals surface area contributed by atoms with Gasteiger partial charge in [0.15, 0.2) is 5.16 Å². The zero-order valence-corrected chi connectivity index (χ0v) is 20.9. The second-order valence-corrected chi connectivity index (χ2v) is 9.34. The average Bonchev–Trinajstić information content (AvgIpc) is 3.24. The summed E-state index contributed by atoms with van der Waals surface area (Å²) in [5, 5.41) is 18.2. The van der Waals surface area contributed by atoms with Gasteiger partial charge in [0.05, 0.1) is 5.75 Å². The summed E-state index contributed by atoms with van der Waals surface area (Å²) in [5.41, 5.74) is 2.06. The predicted molar refractivity (Wildman–Crippen MR) is 136 cm³/mol. The van der Waals surface area contributed by atoms with Gasteiger partial charge in [-0.3, -0.25) is 9.69 Å². The summed E-state index contributed by atoms with van der Waals surface area (Å²) >= 11 is 1.30. The molecule has 1 saturated heterocycles. The molecule has 0 spiro atoms. The number of likely N-dealkylation sites (tertiary alicyclic amines) is 1. The van der Waals surface area contributed by atoms with E-state index in [4.69, 9.17) is 0 Å². The van der Waals surface area contributed by atoms with Crippen LogP contribution in [-0.4, -0.2) is 66.8 Å². The minimum atomic E-state index is -0.102. The maximum atomic E-state index is 12.6. The first-order valence-electron chi connectivity index (χ1n) is 11.9. The van der Waals surface area contributed by atoms with Crippen molar-refractivity contribution in [3.8, 4) is 0 Å². The lowest BCUT2D eigenvalue weighted by atomic mass is 10.0. The number of carbonyl (C=O) groups excluding carboxylic acids is 1. The monoisotopic (exact) mass is 483 g/mol. The van der Waals surface area contributed by atoms with Crippen molar-refractivity contribution in [2.24, 2.45) is 0 Å². The largest absolute Gasteiger partial charge is 0.355 e. The molecule has 1 aliphatic rings. The Hall–Kier alpha value is -2.92. The molecule has 4 rings (SSSR count). The highest BCUT2D eigenvalue weighted by atomic mass is 32.2. The molecule has 2 aromatic heterocycles. The summed E-state index contributed by atoms with van der Waals surface area (Å²) in [6.45, 7) is 9.78. The molecular formula is C23H33N9OS. The first-order chi connectivity index (χ1) is 16.6. The van der Waals surface area contributed by atoms with Gasteiger partial charge in [-0.15, -0.1) is 10.2 Å². The first-order valence-corrected chi connectivity index (χ1v) is 12.9. The van der Waals surface area contributed by atoms with E-state index < -0.39 is 0 Å². The van der Waals surface area contributed by atoms with E-state index in [1.54, 1.807) is 4.40 Å². The number of hydrogen-bond acceptors (Lipinski definition) is 9. The second-order valence-electron chi connectivity index (χ2n) is 8.40. The predicted octanol–water partition coefficient (Wildman–Crippen LogP) is 3.49. The molecule has 0 aliphatic carbocycles. The van der Waals surface area contributed by atoms with Gasteiger partial charge in [0.2, 0.25) is 17.8 Å². The molecule has 1 aliphatic heterocycles. The Morgan fingerprint density at radius 3 is 2.62 bits per heavy atom. The number of nitrogens with one attached hydrogen (secondary N) is 3. The van der Waals surface area contributed by atoms with Crippen LogP contribution in [0, 0.1) is 0 Å². The van der Waals surface area contributed by atoms with Gasteiger partial charge in [0.25, 0.3) is 5.78 Å². The van der Waals surface area contributed by atoms with E-state index in [1.165, 1.54) is 36.6 Å². The van der Waals surface area contributed by atoms with E-state index in [0.29, 0.717) is 42.0 Å². The van der Waals surface area contributed by atoms with Gasteiger partial charge in [0.1, 0.15) is 0 Å². The van der Waals surface area contributed by atoms with Gasteiger partial charge < -0.3 is 16.0 Å². The van der Waals surface area contributed by atoms with E-state index in [9.17, 15) is 4.79 Å².